The third kappa shape index (κ3) is 5.28. The van der Waals surface area contributed by atoms with Crippen molar-refractivity contribution in [2.45, 2.75) is 25.6 Å². The molecule has 7 heteroatoms. The quantitative estimate of drug-likeness (QED) is 0.832. The summed E-state index contributed by atoms with van der Waals surface area (Å²) in [6.45, 7) is 2.12. The molecule has 0 fully saturated rings. The fraction of sp³-hybridized carbons (Fsp3) is 0.312. The van der Waals surface area contributed by atoms with Gasteiger partial charge in [-0.1, -0.05) is 18.2 Å². The van der Waals surface area contributed by atoms with Crippen molar-refractivity contribution in [3.63, 3.8) is 0 Å². The summed E-state index contributed by atoms with van der Waals surface area (Å²) in [5.41, 5.74) is -0.310. The highest BCUT2D eigenvalue weighted by molar-refractivity contribution is 7.09. The molecule has 0 radical (unpaired) electrons. The van der Waals surface area contributed by atoms with Crippen LogP contribution in [-0.2, 0) is 12.6 Å². The molecular weight excluding hydrogens is 325 g/mol. The molecule has 3 nitrogen and oxygen atoms in total. The lowest BCUT2D eigenvalue weighted by molar-refractivity contribution is -0.137. The normalized spacial score (nSPS) is 12.7. The van der Waals surface area contributed by atoms with E-state index in [-0.39, 0.29) is 0 Å². The molecule has 2 amide bonds. The third-order valence-corrected chi connectivity index (χ3v) is 4.23. The van der Waals surface area contributed by atoms with Crippen LogP contribution in [0.4, 0.5) is 18.0 Å². The summed E-state index contributed by atoms with van der Waals surface area (Å²) < 4.78 is 38.1. The zero-order valence-corrected chi connectivity index (χ0v) is 13.3. The molecule has 1 heterocycles. The lowest BCUT2D eigenvalue weighted by Crippen LogP contribution is -2.38. The molecule has 0 aliphatic carbocycles. The van der Waals surface area contributed by atoms with Gasteiger partial charge in [0.05, 0.1) is 11.6 Å². The van der Waals surface area contributed by atoms with Crippen molar-refractivity contribution in [2.24, 2.45) is 0 Å². The van der Waals surface area contributed by atoms with Crippen molar-refractivity contribution < 1.29 is 18.0 Å². The van der Waals surface area contributed by atoms with Gasteiger partial charge < -0.3 is 10.6 Å². The third-order valence-electron chi connectivity index (χ3n) is 3.30. The van der Waals surface area contributed by atoms with Gasteiger partial charge in [-0.2, -0.15) is 13.2 Å². The number of nitrogens with one attached hydrogen (secondary N) is 2. The van der Waals surface area contributed by atoms with Crippen molar-refractivity contribution in [3.8, 4) is 0 Å². The number of hydrogen-bond acceptors (Lipinski definition) is 2. The van der Waals surface area contributed by atoms with Crippen LogP contribution in [0.3, 0.4) is 0 Å². The lowest BCUT2D eigenvalue weighted by Gasteiger charge is -2.16. The molecule has 1 aromatic carbocycles. The molecule has 0 aliphatic rings. The zero-order valence-electron chi connectivity index (χ0n) is 12.5. The molecule has 0 unspecified atom stereocenters. The summed E-state index contributed by atoms with van der Waals surface area (Å²) in [4.78, 5) is 13.0. The Morgan fingerprint density at radius 3 is 2.70 bits per heavy atom. The summed E-state index contributed by atoms with van der Waals surface area (Å²) in [7, 11) is 0. The Hall–Kier alpha value is -2.02. The van der Waals surface area contributed by atoms with E-state index >= 15 is 0 Å². The number of rotatable bonds is 5. The van der Waals surface area contributed by atoms with Crippen molar-refractivity contribution in [2.75, 3.05) is 6.54 Å². The molecule has 2 aromatic rings. The fourth-order valence-electron chi connectivity index (χ4n) is 2.07. The van der Waals surface area contributed by atoms with Gasteiger partial charge in [0.2, 0.25) is 0 Å². The van der Waals surface area contributed by atoms with Crippen molar-refractivity contribution in [1.82, 2.24) is 10.6 Å². The second-order valence-electron chi connectivity index (χ2n) is 5.07. The SMILES string of the molecule is C[C@H](NC(=O)NCCc1cccs1)c1cccc(C(F)(F)F)c1. The minimum absolute atomic E-state index is 0.397. The van der Waals surface area contributed by atoms with Crippen molar-refractivity contribution in [1.29, 1.82) is 0 Å². The van der Waals surface area contributed by atoms with Crippen LogP contribution in [0.2, 0.25) is 0 Å². The Labute approximate surface area is 136 Å². The van der Waals surface area contributed by atoms with E-state index in [4.69, 9.17) is 0 Å². The standard InChI is InChI=1S/C16H17F3N2OS/c1-11(12-4-2-5-13(10-12)16(17,18)19)21-15(22)20-8-7-14-6-3-9-23-14/h2-6,9-11H,7-8H2,1H3,(H2,20,21,22)/t11-/m0/s1. The summed E-state index contributed by atoms with van der Waals surface area (Å²) in [5.74, 6) is 0. The van der Waals surface area contributed by atoms with Gasteiger partial charge >= 0.3 is 12.2 Å². The molecular formula is C16H17F3N2OS. The van der Waals surface area contributed by atoms with E-state index in [9.17, 15) is 18.0 Å². The Bertz CT molecular complexity index is 641. The number of thiophene rings is 1. The molecule has 0 bridgehead atoms. The molecule has 0 saturated carbocycles. The van der Waals surface area contributed by atoms with Crippen LogP contribution >= 0.6 is 11.3 Å². The Morgan fingerprint density at radius 2 is 2.04 bits per heavy atom. The van der Waals surface area contributed by atoms with Gasteiger partial charge in [0.15, 0.2) is 0 Å². The van der Waals surface area contributed by atoms with E-state index in [0.29, 0.717) is 12.1 Å². The van der Waals surface area contributed by atoms with Crippen LogP contribution in [0, 0.1) is 0 Å². The van der Waals surface area contributed by atoms with Gasteiger partial charge in [-0.3, -0.25) is 0 Å². The van der Waals surface area contributed by atoms with E-state index in [1.165, 1.54) is 6.07 Å². The summed E-state index contributed by atoms with van der Waals surface area (Å²) in [6, 6.07) is 7.97. The highest BCUT2D eigenvalue weighted by Crippen LogP contribution is 2.30. The first-order valence-corrected chi connectivity index (χ1v) is 7.98. The molecule has 2 rings (SSSR count). The molecule has 2 N–H and O–H groups in total. The number of alkyl halides is 3. The van der Waals surface area contributed by atoms with Gasteiger partial charge in [0.25, 0.3) is 0 Å². The van der Waals surface area contributed by atoms with Crippen molar-refractivity contribution >= 4 is 17.4 Å². The smallest absolute Gasteiger partial charge is 0.338 e. The number of carbonyl (C=O) groups is 1. The molecule has 0 spiro atoms. The Balaban J connectivity index is 1.86. The Kier molecular flexibility index (Phi) is 5.65. The van der Waals surface area contributed by atoms with E-state index in [0.717, 1.165) is 23.4 Å². The number of halogens is 3. The first kappa shape index (κ1) is 17.3. The second-order valence-corrected chi connectivity index (χ2v) is 6.11. The number of benzene rings is 1. The highest BCUT2D eigenvalue weighted by atomic mass is 32.1. The van der Waals surface area contributed by atoms with Crippen LogP contribution in [0.5, 0.6) is 0 Å². The summed E-state index contributed by atoms with van der Waals surface area (Å²) in [5, 5.41) is 7.31. The predicted octanol–water partition coefficient (Wildman–Crippen LogP) is 4.37. The monoisotopic (exact) mass is 342 g/mol. The minimum atomic E-state index is -4.39. The molecule has 23 heavy (non-hydrogen) atoms. The molecule has 1 aromatic heterocycles. The topological polar surface area (TPSA) is 41.1 Å². The van der Waals surface area contributed by atoms with Gasteiger partial charge in [0, 0.05) is 11.4 Å². The van der Waals surface area contributed by atoms with Crippen LogP contribution in [0.15, 0.2) is 41.8 Å². The summed E-state index contributed by atoms with van der Waals surface area (Å²) in [6.07, 6.45) is -3.66. The van der Waals surface area contributed by atoms with Gasteiger partial charge in [-0.15, -0.1) is 11.3 Å². The maximum Gasteiger partial charge on any atom is 0.416 e. The largest absolute Gasteiger partial charge is 0.416 e. The van der Waals surface area contributed by atoms with E-state index in [2.05, 4.69) is 10.6 Å². The fourth-order valence-corrected chi connectivity index (χ4v) is 2.78. The Morgan fingerprint density at radius 1 is 1.26 bits per heavy atom. The zero-order chi connectivity index (χ0) is 16.9. The lowest BCUT2D eigenvalue weighted by atomic mass is 10.1. The van der Waals surface area contributed by atoms with Crippen LogP contribution in [0.1, 0.15) is 29.0 Å². The average molecular weight is 342 g/mol. The molecule has 0 saturated heterocycles. The number of carbonyl (C=O) groups excluding carboxylic acids is 1. The number of urea groups is 1. The molecule has 124 valence electrons. The molecule has 0 aliphatic heterocycles. The van der Waals surface area contributed by atoms with Gasteiger partial charge in [0.1, 0.15) is 0 Å². The van der Waals surface area contributed by atoms with E-state index < -0.39 is 23.8 Å². The van der Waals surface area contributed by atoms with Gasteiger partial charge in [-0.25, -0.2) is 4.79 Å². The maximum absolute atomic E-state index is 12.7. The molecule has 1 atom stereocenters. The summed E-state index contributed by atoms with van der Waals surface area (Å²) >= 11 is 1.61. The predicted molar refractivity (Wildman–Crippen MR) is 84.4 cm³/mol. The highest BCUT2D eigenvalue weighted by Gasteiger charge is 2.30. The first-order chi connectivity index (χ1) is 10.9. The van der Waals surface area contributed by atoms with Crippen LogP contribution in [0.25, 0.3) is 0 Å². The minimum Gasteiger partial charge on any atom is -0.338 e. The van der Waals surface area contributed by atoms with Crippen LogP contribution < -0.4 is 10.6 Å². The maximum atomic E-state index is 12.7. The second kappa shape index (κ2) is 7.50. The van der Waals surface area contributed by atoms with Crippen molar-refractivity contribution in [3.05, 3.63) is 57.8 Å². The van der Waals surface area contributed by atoms with E-state index in [1.807, 2.05) is 17.5 Å². The number of amides is 2. The van der Waals surface area contributed by atoms with Gasteiger partial charge in [-0.05, 0) is 42.5 Å². The number of hydrogen-bond donors (Lipinski definition) is 2. The first-order valence-electron chi connectivity index (χ1n) is 7.10. The average Bonchev–Trinajstić information content (AvgIpc) is 2.99. The van der Waals surface area contributed by atoms with E-state index in [1.54, 1.807) is 24.3 Å². The van der Waals surface area contributed by atoms with Crippen LogP contribution in [-0.4, -0.2) is 12.6 Å².